The van der Waals surface area contributed by atoms with E-state index in [-0.39, 0.29) is 24.4 Å². The Hall–Kier alpha value is -2.20. The Morgan fingerprint density at radius 3 is 2.40 bits per heavy atom. The zero-order valence-corrected chi connectivity index (χ0v) is 11.0. The predicted octanol–water partition coefficient (Wildman–Crippen LogP) is 3.07. The monoisotopic (exact) mass is 273 g/mol. The summed E-state index contributed by atoms with van der Waals surface area (Å²) in [7, 11) is 0. The standard InChI is InChI=1S/C16H16FNO2/c17-14-8-6-12(7-9-14)15(18)10-11-20-16(19)13-4-2-1-3-5-13/h1-9,15H,10-11,18H2/t15-/m1/s1. The third-order valence-electron chi connectivity index (χ3n) is 2.97. The molecule has 0 bridgehead atoms. The molecular weight excluding hydrogens is 257 g/mol. The number of halogens is 1. The Morgan fingerprint density at radius 1 is 1.10 bits per heavy atom. The zero-order valence-electron chi connectivity index (χ0n) is 11.0. The number of carbonyl (C=O) groups excluding carboxylic acids is 1. The fraction of sp³-hybridized carbons (Fsp3) is 0.188. The summed E-state index contributed by atoms with van der Waals surface area (Å²) in [6.45, 7) is 0.228. The molecule has 0 spiro atoms. The van der Waals surface area contributed by atoms with E-state index < -0.39 is 0 Å². The molecule has 1 atom stereocenters. The highest BCUT2D eigenvalue weighted by Gasteiger charge is 2.09. The van der Waals surface area contributed by atoms with E-state index in [9.17, 15) is 9.18 Å². The Labute approximate surface area is 117 Å². The number of esters is 1. The minimum Gasteiger partial charge on any atom is -0.462 e. The van der Waals surface area contributed by atoms with E-state index in [2.05, 4.69) is 0 Å². The maximum atomic E-state index is 12.8. The van der Waals surface area contributed by atoms with E-state index in [0.29, 0.717) is 12.0 Å². The van der Waals surface area contributed by atoms with Crippen molar-refractivity contribution in [2.75, 3.05) is 6.61 Å². The van der Waals surface area contributed by atoms with Crippen LogP contribution in [-0.2, 0) is 4.74 Å². The van der Waals surface area contributed by atoms with Crippen LogP contribution in [0.5, 0.6) is 0 Å². The van der Waals surface area contributed by atoms with Crippen LogP contribution in [0.25, 0.3) is 0 Å². The normalized spacial score (nSPS) is 11.9. The van der Waals surface area contributed by atoms with Gasteiger partial charge < -0.3 is 10.5 Å². The molecule has 0 radical (unpaired) electrons. The van der Waals surface area contributed by atoms with E-state index in [4.69, 9.17) is 10.5 Å². The van der Waals surface area contributed by atoms with Gasteiger partial charge in [0.1, 0.15) is 5.82 Å². The second kappa shape index (κ2) is 6.82. The summed E-state index contributed by atoms with van der Waals surface area (Å²) in [5, 5.41) is 0. The Balaban J connectivity index is 1.81. The second-order valence-corrected chi connectivity index (χ2v) is 4.45. The van der Waals surface area contributed by atoms with Gasteiger partial charge in [0.25, 0.3) is 0 Å². The molecule has 2 rings (SSSR count). The first-order chi connectivity index (χ1) is 9.66. The highest BCUT2D eigenvalue weighted by atomic mass is 19.1. The fourth-order valence-corrected chi connectivity index (χ4v) is 1.81. The van der Waals surface area contributed by atoms with Crippen molar-refractivity contribution in [1.82, 2.24) is 0 Å². The van der Waals surface area contributed by atoms with E-state index in [1.807, 2.05) is 6.07 Å². The third-order valence-corrected chi connectivity index (χ3v) is 2.97. The quantitative estimate of drug-likeness (QED) is 0.852. The summed E-state index contributed by atoms with van der Waals surface area (Å²) in [5.74, 6) is -0.659. The molecule has 0 saturated heterocycles. The first kappa shape index (κ1) is 14.2. The molecule has 0 saturated carbocycles. The molecule has 0 aromatic heterocycles. The molecule has 2 aromatic rings. The molecule has 0 amide bonds. The van der Waals surface area contributed by atoms with Gasteiger partial charge in [0.15, 0.2) is 0 Å². The van der Waals surface area contributed by atoms with Crippen LogP contribution in [0.4, 0.5) is 4.39 Å². The SMILES string of the molecule is N[C@H](CCOC(=O)c1ccccc1)c1ccc(F)cc1. The molecule has 2 aromatic carbocycles. The average Bonchev–Trinajstić information content (AvgIpc) is 2.48. The van der Waals surface area contributed by atoms with Crippen molar-refractivity contribution in [2.45, 2.75) is 12.5 Å². The number of ether oxygens (including phenoxy) is 1. The van der Waals surface area contributed by atoms with E-state index in [0.717, 1.165) is 5.56 Å². The number of rotatable bonds is 5. The van der Waals surface area contributed by atoms with Gasteiger partial charge in [-0.3, -0.25) is 0 Å². The summed E-state index contributed by atoms with van der Waals surface area (Å²) >= 11 is 0. The maximum Gasteiger partial charge on any atom is 0.338 e. The highest BCUT2D eigenvalue weighted by molar-refractivity contribution is 5.89. The van der Waals surface area contributed by atoms with E-state index in [1.54, 1.807) is 36.4 Å². The predicted molar refractivity (Wildman–Crippen MR) is 74.7 cm³/mol. The van der Waals surface area contributed by atoms with Gasteiger partial charge in [-0.05, 0) is 29.8 Å². The Morgan fingerprint density at radius 2 is 1.75 bits per heavy atom. The lowest BCUT2D eigenvalue weighted by Crippen LogP contribution is -2.15. The molecule has 4 heteroatoms. The number of benzene rings is 2. The molecule has 3 nitrogen and oxygen atoms in total. The second-order valence-electron chi connectivity index (χ2n) is 4.45. The molecule has 0 aliphatic carbocycles. The molecule has 0 aliphatic heterocycles. The van der Waals surface area contributed by atoms with Crippen molar-refractivity contribution < 1.29 is 13.9 Å². The van der Waals surface area contributed by atoms with Gasteiger partial charge in [0.05, 0.1) is 12.2 Å². The van der Waals surface area contributed by atoms with Crippen LogP contribution in [0.3, 0.4) is 0 Å². The van der Waals surface area contributed by atoms with Crippen LogP contribution < -0.4 is 5.73 Å². The van der Waals surface area contributed by atoms with Crippen LogP contribution in [0, 0.1) is 5.82 Å². The van der Waals surface area contributed by atoms with Crippen molar-refractivity contribution >= 4 is 5.97 Å². The maximum absolute atomic E-state index is 12.8. The smallest absolute Gasteiger partial charge is 0.338 e. The van der Waals surface area contributed by atoms with E-state index >= 15 is 0 Å². The molecule has 0 unspecified atom stereocenters. The zero-order chi connectivity index (χ0) is 14.4. The van der Waals surface area contributed by atoms with Crippen LogP contribution >= 0.6 is 0 Å². The van der Waals surface area contributed by atoms with Crippen LogP contribution in [0.15, 0.2) is 54.6 Å². The Kier molecular flexibility index (Phi) is 4.85. The molecule has 0 heterocycles. The van der Waals surface area contributed by atoms with Gasteiger partial charge in [-0.25, -0.2) is 9.18 Å². The van der Waals surface area contributed by atoms with Crippen LogP contribution in [-0.4, -0.2) is 12.6 Å². The minimum atomic E-state index is -0.364. The lowest BCUT2D eigenvalue weighted by Gasteiger charge is -2.12. The summed E-state index contributed by atoms with van der Waals surface area (Å²) in [6.07, 6.45) is 0.490. The van der Waals surface area contributed by atoms with Crippen molar-refractivity contribution in [3.63, 3.8) is 0 Å². The lowest BCUT2D eigenvalue weighted by atomic mass is 10.1. The van der Waals surface area contributed by atoms with Gasteiger partial charge in [-0.2, -0.15) is 0 Å². The van der Waals surface area contributed by atoms with Crippen molar-refractivity contribution in [3.05, 3.63) is 71.5 Å². The van der Waals surface area contributed by atoms with E-state index in [1.165, 1.54) is 12.1 Å². The fourth-order valence-electron chi connectivity index (χ4n) is 1.81. The van der Waals surface area contributed by atoms with Crippen molar-refractivity contribution in [3.8, 4) is 0 Å². The van der Waals surface area contributed by atoms with Crippen LogP contribution in [0.1, 0.15) is 28.4 Å². The Bertz CT molecular complexity index is 554. The first-order valence-electron chi connectivity index (χ1n) is 6.40. The van der Waals surface area contributed by atoms with Gasteiger partial charge in [-0.1, -0.05) is 30.3 Å². The van der Waals surface area contributed by atoms with Gasteiger partial charge in [-0.15, -0.1) is 0 Å². The number of carbonyl (C=O) groups is 1. The van der Waals surface area contributed by atoms with Gasteiger partial charge in [0.2, 0.25) is 0 Å². The van der Waals surface area contributed by atoms with Crippen molar-refractivity contribution in [2.24, 2.45) is 5.73 Å². The summed E-state index contributed by atoms with van der Waals surface area (Å²) < 4.78 is 17.9. The highest BCUT2D eigenvalue weighted by Crippen LogP contribution is 2.14. The molecule has 2 N–H and O–H groups in total. The van der Waals surface area contributed by atoms with Crippen LogP contribution in [0.2, 0.25) is 0 Å². The summed E-state index contributed by atoms with van der Waals surface area (Å²) in [6, 6.07) is 14.5. The number of nitrogens with two attached hydrogens (primary N) is 1. The summed E-state index contributed by atoms with van der Waals surface area (Å²) in [4.78, 5) is 11.7. The topological polar surface area (TPSA) is 52.3 Å². The van der Waals surface area contributed by atoms with Gasteiger partial charge >= 0.3 is 5.97 Å². The van der Waals surface area contributed by atoms with Crippen molar-refractivity contribution in [1.29, 1.82) is 0 Å². The molecule has 0 fully saturated rings. The lowest BCUT2D eigenvalue weighted by molar-refractivity contribution is 0.0493. The first-order valence-corrected chi connectivity index (χ1v) is 6.40. The van der Waals surface area contributed by atoms with Gasteiger partial charge in [0, 0.05) is 12.5 Å². The minimum absolute atomic E-state index is 0.228. The molecule has 0 aliphatic rings. The molecule has 104 valence electrons. The molecular formula is C16H16FNO2. The largest absolute Gasteiger partial charge is 0.462 e. The summed E-state index contributed by atoms with van der Waals surface area (Å²) in [5.41, 5.74) is 7.29. The number of hydrogen-bond acceptors (Lipinski definition) is 3. The molecule has 20 heavy (non-hydrogen) atoms. The average molecular weight is 273 g/mol. The number of hydrogen-bond donors (Lipinski definition) is 1. The third kappa shape index (κ3) is 3.90.